The molecule has 1 unspecified atom stereocenters. The number of carbonyl (C=O) groups is 1. The molecule has 0 aliphatic rings. The van der Waals surface area contributed by atoms with E-state index in [-0.39, 0.29) is 10.8 Å². The summed E-state index contributed by atoms with van der Waals surface area (Å²) in [6.45, 7) is -4.17. The SMILES string of the molecule is O=C(NC(c1cccc(OCc2ccccc2)c1)c1nccnc1Cl)C(CF)(CF)CF. The highest BCUT2D eigenvalue weighted by Crippen LogP contribution is 2.30. The van der Waals surface area contributed by atoms with Crippen LogP contribution < -0.4 is 10.1 Å². The number of hydrogen-bond acceptors (Lipinski definition) is 4. The first-order valence-electron chi connectivity index (χ1n) is 9.75. The van der Waals surface area contributed by atoms with E-state index < -0.39 is 37.4 Å². The summed E-state index contributed by atoms with van der Waals surface area (Å²) in [5, 5.41) is 2.47. The normalized spacial score (nSPS) is 12.2. The quantitative estimate of drug-likeness (QED) is 0.468. The number of amides is 1. The van der Waals surface area contributed by atoms with E-state index in [1.54, 1.807) is 24.3 Å². The summed E-state index contributed by atoms with van der Waals surface area (Å²) >= 11 is 6.17. The molecule has 168 valence electrons. The van der Waals surface area contributed by atoms with Crippen molar-refractivity contribution in [2.45, 2.75) is 12.6 Å². The van der Waals surface area contributed by atoms with Crippen molar-refractivity contribution >= 4 is 17.5 Å². The van der Waals surface area contributed by atoms with Gasteiger partial charge in [-0.25, -0.2) is 18.2 Å². The lowest BCUT2D eigenvalue weighted by Gasteiger charge is -2.27. The third kappa shape index (κ3) is 5.37. The Bertz CT molecular complexity index is 1030. The molecule has 1 amide bonds. The van der Waals surface area contributed by atoms with Crippen LogP contribution in [-0.2, 0) is 11.4 Å². The third-order valence-electron chi connectivity index (χ3n) is 4.92. The second kappa shape index (κ2) is 10.9. The number of aromatic nitrogens is 2. The number of alkyl halides is 3. The van der Waals surface area contributed by atoms with Crippen LogP contribution in [0.25, 0.3) is 0 Å². The van der Waals surface area contributed by atoms with Gasteiger partial charge in [0.15, 0.2) is 5.15 Å². The Balaban J connectivity index is 1.92. The van der Waals surface area contributed by atoms with Crippen LogP contribution in [0.1, 0.15) is 22.9 Å². The van der Waals surface area contributed by atoms with Crippen molar-refractivity contribution in [2.24, 2.45) is 5.41 Å². The van der Waals surface area contributed by atoms with E-state index in [0.717, 1.165) is 5.56 Å². The van der Waals surface area contributed by atoms with Crippen LogP contribution in [0.4, 0.5) is 13.2 Å². The zero-order valence-electron chi connectivity index (χ0n) is 17.0. The predicted octanol–water partition coefficient (Wildman–Crippen LogP) is 4.81. The van der Waals surface area contributed by atoms with Gasteiger partial charge in [-0.05, 0) is 23.3 Å². The fraction of sp³-hybridized carbons (Fsp3) is 0.261. The van der Waals surface area contributed by atoms with E-state index in [4.69, 9.17) is 16.3 Å². The molecule has 0 fully saturated rings. The summed E-state index contributed by atoms with van der Waals surface area (Å²) in [4.78, 5) is 20.8. The molecule has 5 nitrogen and oxygen atoms in total. The van der Waals surface area contributed by atoms with Gasteiger partial charge < -0.3 is 10.1 Å². The van der Waals surface area contributed by atoms with Crippen LogP contribution in [0.15, 0.2) is 67.0 Å². The molecule has 3 rings (SSSR count). The number of hydrogen-bond donors (Lipinski definition) is 1. The van der Waals surface area contributed by atoms with Crippen LogP contribution in [0, 0.1) is 5.41 Å². The van der Waals surface area contributed by atoms with Crippen LogP contribution in [-0.4, -0.2) is 35.9 Å². The van der Waals surface area contributed by atoms with Crippen molar-refractivity contribution in [3.8, 4) is 5.75 Å². The average Bonchev–Trinajstić information content (AvgIpc) is 2.84. The fourth-order valence-corrected chi connectivity index (χ4v) is 3.15. The molecule has 1 aromatic heterocycles. The van der Waals surface area contributed by atoms with E-state index >= 15 is 0 Å². The zero-order chi connectivity index (χ0) is 23.0. The lowest BCUT2D eigenvalue weighted by molar-refractivity contribution is -0.134. The molecule has 0 spiro atoms. The molecule has 9 heteroatoms. The van der Waals surface area contributed by atoms with Gasteiger partial charge in [0.2, 0.25) is 5.91 Å². The van der Waals surface area contributed by atoms with Crippen LogP contribution >= 0.6 is 11.6 Å². The highest BCUT2D eigenvalue weighted by Gasteiger charge is 2.41. The molecule has 0 aliphatic carbocycles. The molecule has 0 aliphatic heterocycles. The Kier molecular flexibility index (Phi) is 8.05. The number of halogens is 4. The molecule has 0 radical (unpaired) electrons. The van der Waals surface area contributed by atoms with Gasteiger partial charge in [-0.3, -0.25) is 9.78 Å². The lowest BCUT2D eigenvalue weighted by Crippen LogP contribution is -2.47. The van der Waals surface area contributed by atoms with Gasteiger partial charge in [0.05, 0.1) is 6.04 Å². The minimum absolute atomic E-state index is 0.0141. The second-order valence-electron chi connectivity index (χ2n) is 7.17. The van der Waals surface area contributed by atoms with E-state index in [2.05, 4.69) is 15.3 Å². The van der Waals surface area contributed by atoms with E-state index in [9.17, 15) is 18.0 Å². The van der Waals surface area contributed by atoms with Gasteiger partial charge in [0.1, 0.15) is 43.5 Å². The van der Waals surface area contributed by atoms with Gasteiger partial charge in [-0.15, -0.1) is 0 Å². The standard InChI is InChI=1S/C23H21ClF3N3O2/c24-21-20(28-9-10-29-21)19(30-22(31)23(13-25,14-26)15-27)17-7-4-8-18(11-17)32-12-16-5-2-1-3-6-16/h1-11,19H,12-15H2,(H,30,31). The number of rotatable bonds is 10. The Morgan fingerprint density at radius 2 is 1.69 bits per heavy atom. The summed E-state index contributed by atoms with van der Waals surface area (Å²) in [5.41, 5.74) is -0.864. The van der Waals surface area contributed by atoms with Gasteiger partial charge in [0, 0.05) is 12.4 Å². The summed E-state index contributed by atoms with van der Waals surface area (Å²) in [5.74, 6) is -0.648. The van der Waals surface area contributed by atoms with E-state index in [1.807, 2.05) is 30.3 Å². The first-order valence-corrected chi connectivity index (χ1v) is 10.1. The first kappa shape index (κ1) is 23.5. The summed E-state index contributed by atoms with van der Waals surface area (Å²) in [6.07, 6.45) is 2.72. The van der Waals surface area contributed by atoms with Gasteiger partial charge >= 0.3 is 0 Å². The molecule has 1 atom stereocenters. The maximum atomic E-state index is 13.4. The zero-order valence-corrected chi connectivity index (χ0v) is 17.7. The number of nitrogens with zero attached hydrogens (tertiary/aromatic N) is 2. The summed E-state index contributed by atoms with van der Waals surface area (Å²) in [7, 11) is 0. The first-order chi connectivity index (χ1) is 15.5. The molecule has 1 N–H and O–H groups in total. The van der Waals surface area contributed by atoms with Crippen LogP contribution in [0.3, 0.4) is 0 Å². The minimum Gasteiger partial charge on any atom is -0.489 e. The highest BCUT2D eigenvalue weighted by molar-refractivity contribution is 6.30. The van der Waals surface area contributed by atoms with E-state index in [1.165, 1.54) is 12.4 Å². The van der Waals surface area contributed by atoms with Gasteiger partial charge in [0.25, 0.3) is 0 Å². The molecule has 1 heterocycles. The number of ether oxygens (including phenoxy) is 1. The molecule has 32 heavy (non-hydrogen) atoms. The molecule has 0 bridgehead atoms. The predicted molar refractivity (Wildman–Crippen MR) is 115 cm³/mol. The molecular weight excluding hydrogens is 443 g/mol. The topological polar surface area (TPSA) is 64.1 Å². The maximum absolute atomic E-state index is 13.4. The minimum atomic E-state index is -2.44. The fourth-order valence-electron chi connectivity index (χ4n) is 2.93. The van der Waals surface area contributed by atoms with Crippen molar-refractivity contribution in [3.05, 3.63) is 89.0 Å². The Morgan fingerprint density at radius 1 is 1.00 bits per heavy atom. The molecule has 2 aromatic carbocycles. The van der Waals surface area contributed by atoms with Crippen molar-refractivity contribution in [1.82, 2.24) is 15.3 Å². The Morgan fingerprint density at radius 3 is 2.34 bits per heavy atom. The summed E-state index contributed by atoms with van der Waals surface area (Å²) in [6, 6.07) is 15.2. The van der Waals surface area contributed by atoms with Crippen molar-refractivity contribution in [3.63, 3.8) is 0 Å². The monoisotopic (exact) mass is 463 g/mol. The molecule has 0 saturated carbocycles. The summed E-state index contributed by atoms with van der Waals surface area (Å²) < 4.78 is 46.1. The lowest BCUT2D eigenvalue weighted by atomic mass is 9.90. The van der Waals surface area contributed by atoms with Gasteiger partial charge in [-0.2, -0.15) is 0 Å². The average molecular weight is 464 g/mol. The number of carbonyl (C=O) groups excluding carboxylic acids is 1. The Labute approximate surface area is 188 Å². The number of benzene rings is 2. The van der Waals surface area contributed by atoms with Crippen LogP contribution in [0.2, 0.25) is 5.15 Å². The highest BCUT2D eigenvalue weighted by atomic mass is 35.5. The molecule has 0 saturated heterocycles. The van der Waals surface area contributed by atoms with Crippen LogP contribution in [0.5, 0.6) is 5.75 Å². The molecular formula is C23H21ClF3N3O2. The third-order valence-corrected chi connectivity index (χ3v) is 5.21. The molecule has 3 aromatic rings. The van der Waals surface area contributed by atoms with Gasteiger partial charge in [-0.1, -0.05) is 54.1 Å². The number of nitrogens with one attached hydrogen (secondary N) is 1. The Hall–Kier alpha value is -3.13. The van der Waals surface area contributed by atoms with Crippen molar-refractivity contribution in [2.75, 3.05) is 20.0 Å². The van der Waals surface area contributed by atoms with E-state index in [0.29, 0.717) is 17.9 Å². The van der Waals surface area contributed by atoms with Crippen molar-refractivity contribution < 1.29 is 22.7 Å². The van der Waals surface area contributed by atoms with Crippen molar-refractivity contribution in [1.29, 1.82) is 0 Å². The smallest absolute Gasteiger partial charge is 0.235 e. The second-order valence-corrected chi connectivity index (χ2v) is 7.52. The maximum Gasteiger partial charge on any atom is 0.235 e. The largest absolute Gasteiger partial charge is 0.489 e.